The Bertz CT molecular complexity index is 491. The van der Waals surface area contributed by atoms with E-state index < -0.39 is 14.9 Å². The van der Waals surface area contributed by atoms with E-state index in [1.54, 1.807) is 0 Å². The molecule has 102 valence electrons. The second-order valence-electron chi connectivity index (χ2n) is 3.73. The van der Waals surface area contributed by atoms with E-state index in [0.717, 1.165) is 0 Å². The lowest BCUT2D eigenvalue weighted by molar-refractivity contribution is 0.306. The first-order chi connectivity index (χ1) is 8.38. The molecule has 0 aliphatic heterocycles. The van der Waals surface area contributed by atoms with Gasteiger partial charge in [-0.1, -0.05) is 11.6 Å². The third-order valence-electron chi connectivity index (χ3n) is 2.19. The standard InChI is InChI=1S/C11H13Cl2FO3S/c12-10-8-9(4-5-11(10)14)17-6-2-1-3-7-18(13,15)16/h4-5,8H,1-3,6-7H2. The third kappa shape index (κ3) is 6.42. The Morgan fingerprint density at radius 2 is 1.94 bits per heavy atom. The fraction of sp³-hybridized carbons (Fsp3) is 0.455. The fourth-order valence-electron chi connectivity index (χ4n) is 1.31. The van der Waals surface area contributed by atoms with Crippen LogP contribution in [0.15, 0.2) is 18.2 Å². The van der Waals surface area contributed by atoms with Crippen LogP contribution >= 0.6 is 22.3 Å². The van der Waals surface area contributed by atoms with E-state index >= 15 is 0 Å². The van der Waals surface area contributed by atoms with Gasteiger partial charge in [0.15, 0.2) is 0 Å². The van der Waals surface area contributed by atoms with Crippen LogP contribution in [0.1, 0.15) is 19.3 Å². The van der Waals surface area contributed by atoms with E-state index in [1.807, 2.05) is 0 Å². The van der Waals surface area contributed by atoms with Gasteiger partial charge in [0.05, 0.1) is 17.4 Å². The highest BCUT2D eigenvalue weighted by Crippen LogP contribution is 2.21. The Morgan fingerprint density at radius 3 is 2.56 bits per heavy atom. The van der Waals surface area contributed by atoms with Crippen molar-refractivity contribution in [3.05, 3.63) is 29.0 Å². The highest BCUT2D eigenvalue weighted by Gasteiger charge is 2.04. The zero-order valence-corrected chi connectivity index (χ0v) is 11.9. The summed E-state index contributed by atoms with van der Waals surface area (Å²) in [6, 6.07) is 4.13. The number of hydrogen-bond donors (Lipinski definition) is 0. The van der Waals surface area contributed by atoms with Gasteiger partial charge in [0.25, 0.3) is 0 Å². The summed E-state index contributed by atoms with van der Waals surface area (Å²) >= 11 is 5.59. The Hall–Kier alpha value is -0.520. The van der Waals surface area contributed by atoms with Crippen LogP contribution in [-0.2, 0) is 9.05 Å². The highest BCUT2D eigenvalue weighted by atomic mass is 35.7. The van der Waals surface area contributed by atoms with Crippen molar-refractivity contribution in [1.29, 1.82) is 0 Å². The molecule has 0 fully saturated rings. The van der Waals surface area contributed by atoms with Gasteiger partial charge in [0, 0.05) is 16.7 Å². The quantitative estimate of drug-likeness (QED) is 0.570. The van der Waals surface area contributed by atoms with E-state index in [1.165, 1.54) is 18.2 Å². The molecule has 7 heteroatoms. The molecule has 0 radical (unpaired) electrons. The summed E-state index contributed by atoms with van der Waals surface area (Å²) in [5, 5.41) is 0.0146. The van der Waals surface area contributed by atoms with Crippen LogP contribution in [0.5, 0.6) is 5.75 Å². The molecule has 0 N–H and O–H groups in total. The average molecular weight is 315 g/mol. The second-order valence-corrected chi connectivity index (χ2v) is 7.03. The van der Waals surface area contributed by atoms with Crippen LogP contribution in [-0.4, -0.2) is 20.8 Å². The van der Waals surface area contributed by atoms with E-state index in [9.17, 15) is 12.8 Å². The van der Waals surface area contributed by atoms with Gasteiger partial charge in [-0.15, -0.1) is 0 Å². The minimum Gasteiger partial charge on any atom is -0.494 e. The van der Waals surface area contributed by atoms with Crippen molar-refractivity contribution in [2.75, 3.05) is 12.4 Å². The van der Waals surface area contributed by atoms with E-state index in [-0.39, 0.29) is 10.8 Å². The lowest BCUT2D eigenvalue weighted by Gasteiger charge is -2.06. The first-order valence-electron chi connectivity index (χ1n) is 5.39. The maximum atomic E-state index is 12.8. The van der Waals surface area contributed by atoms with E-state index in [0.29, 0.717) is 31.6 Å². The number of benzene rings is 1. The molecule has 0 saturated carbocycles. The molecule has 0 atom stereocenters. The SMILES string of the molecule is O=S(=O)(Cl)CCCCCOc1ccc(F)c(Cl)c1. The van der Waals surface area contributed by atoms with Crippen molar-refractivity contribution < 1.29 is 17.5 Å². The molecule has 0 bridgehead atoms. The molecule has 0 saturated heterocycles. The summed E-state index contributed by atoms with van der Waals surface area (Å²) in [6.07, 6.45) is 1.89. The van der Waals surface area contributed by atoms with Crippen molar-refractivity contribution in [1.82, 2.24) is 0 Å². The Balaban J connectivity index is 2.20. The molecule has 0 amide bonds. The summed E-state index contributed by atoms with van der Waals surface area (Å²) in [4.78, 5) is 0. The van der Waals surface area contributed by atoms with Gasteiger partial charge in [-0.25, -0.2) is 12.8 Å². The highest BCUT2D eigenvalue weighted by molar-refractivity contribution is 8.13. The Labute approximate surface area is 115 Å². The van der Waals surface area contributed by atoms with Gasteiger partial charge in [0.1, 0.15) is 11.6 Å². The predicted molar refractivity (Wildman–Crippen MR) is 70.4 cm³/mol. The van der Waals surface area contributed by atoms with Crippen molar-refractivity contribution >= 4 is 31.3 Å². The van der Waals surface area contributed by atoms with Gasteiger partial charge in [-0.3, -0.25) is 0 Å². The molecule has 0 aliphatic carbocycles. The fourth-order valence-corrected chi connectivity index (χ4v) is 2.36. The number of rotatable bonds is 7. The summed E-state index contributed by atoms with van der Waals surface area (Å²) in [5.74, 6) is -0.0283. The molecule has 0 unspecified atom stereocenters. The largest absolute Gasteiger partial charge is 0.494 e. The van der Waals surface area contributed by atoms with Crippen LogP contribution in [0.4, 0.5) is 4.39 Å². The van der Waals surface area contributed by atoms with Crippen LogP contribution in [0, 0.1) is 5.82 Å². The zero-order valence-electron chi connectivity index (χ0n) is 9.53. The maximum Gasteiger partial charge on any atom is 0.232 e. The molecule has 1 aromatic rings. The van der Waals surface area contributed by atoms with Gasteiger partial charge < -0.3 is 4.74 Å². The van der Waals surface area contributed by atoms with Gasteiger partial charge in [0.2, 0.25) is 9.05 Å². The van der Waals surface area contributed by atoms with Crippen LogP contribution in [0.2, 0.25) is 5.02 Å². The van der Waals surface area contributed by atoms with E-state index in [2.05, 4.69) is 0 Å². The molecule has 0 aliphatic rings. The third-order valence-corrected chi connectivity index (χ3v) is 3.72. The molecular formula is C11H13Cl2FO3S. The normalized spacial score (nSPS) is 11.5. The molecule has 0 heterocycles. The number of hydrogen-bond acceptors (Lipinski definition) is 3. The molecular weight excluding hydrogens is 302 g/mol. The first-order valence-corrected chi connectivity index (χ1v) is 8.24. The number of halogens is 3. The van der Waals surface area contributed by atoms with Crippen molar-refractivity contribution in [2.45, 2.75) is 19.3 Å². The second kappa shape index (κ2) is 7.16. The molecule has 3 nitrogen and oxygen atoms in total. The maximum absolute atomic E-state index is 12.8. The van der Waals surface area contributed by atoms with Crippen molar-refractivity contribution in [3.8, 4) is 5.75 Å². The number of ether oxygens (including phenoxy) is 1. The minimum absolute atomic E-state index is 0.0146. The molecule has 0 spiro atoms. The summed E-state index contributed by atoms with van der Waals surface area (Å²) in [7, 11) is 1.66. The zero-order chi connectivity index (χ0) is 13.6. The molecule has 1 rings (SSSR count). The minimum atomic E-state index is -3.40. The molecule has 1 aromatic carbocycles. The lowest BCUT2D eigenvalue weighted by Crippen LogP contribution is -2.00. The summed E-state index contributed by atoms with van der Waals surface area (Å²) < 4.78 is 39.5. The van der Waals surface area contributed by atoms with Gasteiger partial charge >= 0.3 is 0 Å². The average Bonchev–Trinajstić information content (AvgIpc) is 2.26. The summed E-state index contributed by atoms with van der Waals surface area (Å²) in [6.45, 7) is 0.421. The van der Waals surface area contributed by atoms with Crippen LogP contribution in [0.3, 0.4) is 0 Å². The smallest absolute Gasteiger partial charge is 0.232 e. The van der Waals surface area contributed by atoms with Gasteiger partial charge in [-0.2, -0.15) is 0 Å². The van der Waals surface area contributed by atoms with Crippen molar-refractivity contribution in [3.63, 3.8) is 0 Å². The number of unbranched alkanes of at least 4 members (excludes halogenated alkanes) is 2. The van der Waals surface area contributed by atoms with Crippen LogP contribution in [0.25, 0.3) is 0 Å². The van der Waals surface area contributed by atoms with E-state index in [4.69, 9.17) is 27.0 Å². The monoisotopic (exact) mass is 314 g/mol. The topological polar surface area (TPSA) is 43.4 Å². The first kappa shape index (κ1) is 15.5. The molecule has 0 aromatic heterocycles. The van der Waals surface area contributed by atoms with Gasteiger partial charge in [-0.05, 0) is 31.4 Å². The predicted octanol–water partition coefficient (Wildman–Crippen LogP) is 3.60. The van der Waals surface area contributed by atoms with Crippen LogP contribution < -0.4 is 4.74 Å². The summed E-state index contributed by atoms with van der Waals surface area (Å²) in [5.41, 5.74) is 0. The Morgan fingerprint density at radius 1 is 1.22 bits per heavy atom. The molecule has 18 heavy (non-hydrogen) atoms. The lowest BCUT2D eigenvalue weighted by atomic mass is 10.2. The van der Waals surface area contributed by atoms with Crippen molar-refractivity contribution in [2.24, 2.45) is 0 Å². The Kier molecular flexibility index (Phi) is 6.18.